The first-order chi connectivity index (χ1) is 12.6. The van der Waals surface area contributed by atoms with Crippen molar-refractivity contribution in [2.75, 3.05) is 0 Å². The minimum absolute atomic E-state index is 0.193. The third kappa shape index (κ3) is 4.12. The zero-order valence-electron chi connectivity index (χ0n) is 13.6. The van der Waals surface area contributed by atoms with Crippen LogP contribution >= 0.6 is 24.0 Å². The van der Waals surface area contributed by atoms with Crippen LogP contribution in [0.3, 0.4) is 0 Å². The lowest BCUT2D eigenvalue weighted by Crippen LogP contribution is -2.45. The van der Waals surface area contributed by atoms with E-state index in [2.05, 4.69) is 0 Å². The zero-order valence-corrected chi connectivity index (χ0v) is 15.2. The highest BCUT2D eigenvalue weighted by molar-refractivity contribution is 8.26. The molecule has 0 bridgehead atoms. The van der Waals surface area contributed by atoms with E-state index in [4.69, 9.17) is 16.6 Å². The third-order valence-electron chi connectivity index (χ3n) is 3.74. The normalized spacial score (nSPS) is 17.4. The second kappa shape index (κ2) is 8.16. The van der Waals surface area contributed by atoms with Gasteiger partial charge in [0.15, 0.2) is 0 Å². The van der Waals surface area contributed by atoms with Gasteiger partial charge in [-0.05, 0) is 29.8 Å². The second-order valence-electron chi connectivity index (χ2n) is 5.49. The van der Waals surface area contributed by atoms with E-state index in [0.717, 1.165) is 17.3 Å². The van der Waals surface area contributed by atoms with Crippen LogP contribution in [-0.2, 0) is 16.0 Å². The number of carbonyl (C=O) groups is 2. The molecule has 1 aliphatic rings. The smallest absolute Gasteiger partial charge is 0.327 e. The topological polar surface area (TPSA) is 70.8 Å². The molecule has 1 atom stereocenters. The number of rotatable bonds is 6. The highest BCUT2D eigenvalue weighted by atomic mass is 32.2. The van der Waals surface area contributed by atoms with Gasteiger partial charge < -0.3 is 9.52 Å². The fourth-order valence-electron chi connectivity index (χ4n) is 2.51. The Bertz CT molecular complexity index is 872. The van der Waals surface area contributed by atoms with Gasteiger partial charge in [-0.2, -0.15) is 0 Å². The van der Waals surface area contributed by atoms with Gasteiger partial charge in [0, 0.05) is 6.42 Å². The average molecular weight is 385 g/mol. The van der Waals surface area contributed by atoms with Crippen molar-refractivity contribution >= 4 is 46.3 Å². The third-order valence-corrected chi connectivity index (χ3v) is 5.09. The summed E-state index contributed by atoms with van der Waals surface area (Å²) < 4.78 is 5.43. The SMILES string of the molecule is O=C(O)[C@@H](Cc1ccccc1)N1C(=O)/C(=C/C=C/c2ccco2)SC1=S. The molecule has 1 aliphatic heterocycles. The number of nitrogens with zero attached hydrogens (tertiary/aromatic N) is 1. The molecule has 132 valence electrons. The predicted molar refractivity (Wildman–Crippen MR) is 104 cm³/mol. The fraction of sp³-hybridized carbons (Fsp3) is 0.105. The fourth-order valence-corrected chi connectivity index (χ4v) is 3.81. The van der Waals surface area contributed by atoms with Crippen molar-refractivity contribution in [1.29, 1.82) is 0 Å². The lowest BCUT2D eigenvalue weighted by molar-refractivity contribution is -0.145. The maximum atomic E-state index is 12.7. The molecule has 0 saturated carbocycles. The van der Waals surface area contributed by atoms with Crippen molar-refractivity contribution in [2.45, 2.75) is 12.5 Å². The average Bonchev–Trinajstić information content (AvgIpc) is 3.23. The molecule has 1 aromatic heterocycles. The number of furan rings is 1. The number of thioether (sulfide) groups is 1. The van der Waals surface area contributed by atoms with Gasteiger partial charge in [0.25, 0.3) is 5.91 Å². The highest BCUT2D eigenvalue weighted by Gasteiger charge is 2.40. The van der Waals surface area contributed by atoms with Gasteiger partial charge in [-0.3, -0.25) is 9.69 Å². The summed E-state index contributed by atoms with van der Waals surface area (Å²) >= 11 is 6.36. The molecule has 2 aromatic rings. The number of thiocarbonyl (C=S) groups is 1. The molecule has 1 fully saturated rings. The Hall–Kier alpha value is -2.64. The largest absolute Gasteiger partial charge is 0.480 e. The van der Waals surface area contributed by atoms with Gasteiger partial charge in [-0.15, -0.1) is 0 Å². The van der Waals surface area contributed by atoms with Crippen LogP contribution in [-0.4, -0.2) is 32.2 Å². The second-order valence-corrected chi connectivity index (χ2v) is 7.17. The van der Waals surface area contributed by atoms with Crippen molar-refractivity contribution in [2.24, 2.45) is 0 Å². The van der Waals surface area contributed by atoms with Gasteiger partial charge >= 0.3 is 5.97 Å². The number of carboxylic acids is 1. The summed E-state index contributed by atoms with van der Waals surface area (Å²) in [5.41, 5.74) is 0.829. The van der Waals surface area contributed by atoms with E-state index in [1.54, 1.807) is 36.6 Å². The molecular weight excluding hydrogens is 370 g/mol. The minimum Gasteiger partial charge on any atom is -0.480 e. The molecule has 2 heterocycles. The van der Waals surface area contributed by atoms with Gasteiger partial charge in [0.05, 0.1) is 11.2 Å². The summed E-state index contributed by atoms with van der Waals surface area (Å²) in [6.07, 6.45) is 6.75. The number of hydrogen-bond donors (Lipinski definition) is 1. The predicted octanol–water partition coefficient (Wildman–Crippen LogP) is 3.73. The maximum absolute atomic E-state index is 12.7. The maximum Gasteiger partial charge on any atom is 0.327 e. The van der Waals surface area contributed by atoms with Crippen LogP contribution < -0.4 is 0 Å². The molecule has 0 spiro atoms. The van der Waals surface area contributed by atoms with Crippen molar-refractivity contribution in [3.63, 3.8) is 0 Å². The summed E-state index contributed by atoms with van der Waals surface area (Å²) in [5.74, 6) is -0.825. The molecule has 1 N–H and O–H groups in total. The van der Waals surface area contributed by atoms with Gasteiger partial charge in [-0.1, -0.05) is 60.4 Å². The van der Waals surface area contributed by atoms with Gasteiger partial charge in [0.1, 0.15) is 16.1 Å². The van der Waals surface area contributed by atoms with Crippen LogP contribution in [0.15, 0.2) is 70.2 Å². The van der Waals surface area contributed by atoms with Crippen LogP contribution in [0.2, 0.25) is 0 Å². The molecule has 0 radical (unpaired) electrons. The van der Waals surface area contributed by atoms with E-state index in [9.17, 15) is 14.7 Å². The standard InChI is InChI=1S/C19H15NO4S2/c21-17-16(10-4-8-14-9-5-11-24-14)26-19(25)20(17)15(18(22)23)12-13-6-2-1-3-7-13/h1-11,15H,12H2,(H,22,23)/b8-4+,16-10-/t15-/m1/s1. The Labute approximate surface area is 160 Å². The van der Waals surface area contributed by atoms with Gasteiger partial charge in [-0.25, -0.2) is 4.79 Å². The van der Waals surface area contributed by atoms with Crippen LogP contribution in [0.25, 0.3) is 6.08 Å². The Morgan fingerprint density at radius 2 is 2.04 bits per heavy atom. The van der Waals surface area contributed by atoms with Crippen molar-refractivity contribution in [3.8, 4) is 0 Å². The highest BCUT2D eigenvalue weighted by Crippen LogP contribution is 2.33. The molecule has 26 heavy (non-hydrogen) atoms. The quantitative estimate of drug-likeness (QED) is 0.603. The molecule has 1 aromatic carbocycles. The number of carbonyl (C=O) groups excluding carboxylic acids is 1. The lowest BCUT2D eigenvalue weighted by Gasteiger charge is -2.23. The Balaban J connectivity index is 1.79. The van der Waals surface area contributed by atoms with E-state index in [0.29, 0.717) is 10.7 Å². The molecule has 7 heteroatoms. The van der Waals surface area contributed by atoms with Gasteiger partial charge in [0.2, 0.25) is 0 Å². The number of allylic oxidation sites excluding steroid dienone is 2. The molecule has 1 amide bonds. The Morgan fingerprint density at radius 3 is 2.69 bits per heavy atom. The van der Waals surface area contributed by atoms with Crippen molar-refractivity contribution < 1.29 is 19.1 Å². The number of carboxylic acid groups (broad SMARTS) is 1. The minimum atomic E-state index is -1.09. The van der Waals surface area contributed by atoms with Crippen LogP contribution in [0.1, 0.15) is 11.3 Å². The Morgan fingerprint density at radius 1 is 1.27 bits per heavy atom. The monoisotopic (exact) mass is 385 g/mol. The molecular formula is C19H15NO4S2. The first-order valence-corrected chi connectivity index (χ1v) is 9.02. The molecule has 1 saturated heterocycles. The first-order valence-electron chi connectivity index (χ1n) is 7.80. The molecule has 0 unspecified atom stereocenters. The number of aliphatic carboxylic acids is 1. The molecule has 3 rings (SSSR count). The van der Waals surface area contributed by atoms with E-state index in [1.807, 2.05) is 30.3 Å². The van der Waals surface area contributed by atoms with Crippen LogP contribution in [0.5, 0.6) is 0 Å². The summed E-state index contributed by atoms with van der Waals surface area (Å²) in [4.78, 5) is 26.0. The summed E-state index contributed by atoms with van der Waals surface area (Å²) in [7, 11) is 0. The van der Waals surface area contributed by atoms with Crippen molar-refractivity contribution in [3.05, 3.63) is 77.1 Å². The zero-order chi connectivity index (χ0) is 18.5. The number of amides is 1. The first kappa shape index (κ1) is 18.2. The summed E-state index contributed by atoms with van der Waals surface area (Å²) in [6, 6.07) is 11.7. The molecule has 5 nitrogen and oxygen atoms in total. The van der Waals surface area contributed by atoms with E-state index in [1.165, 1.54) is 4.90 Å². The molecule has 0 aliphatic carbocycles. The van der Waals surface area contributed by atoms with E-state index in [-0.39, 0.29) is 10.7 Å². The number of hydrogen-bond acceptors (Lipinski definition) is 5. The summed E-state index contributed by atoms with van der Waals surface area (Å²) in [5, 5.41) is 9.61. The lowest BCUT2D eigenvalue weighted by atomic mass is 10.0. The van der Waals surface area contributed by atoms with Crippen LogP contribution in [0, 0.1) is 0 Å². The van der Waals surface area contributed by atoms with E-state index >= 15 is 0 Å². The van der Waals surface area contributed by atoms with Crippen molar-refractivity contribution in [1.82, 2.24) is 4.90 Å². The van der Waals surface area contributed by atoms with E-state index < -0.39 is 17.9 Å². The Kier molecular flexibility index (Phi) is 5.70. The summed E-state index contributed by atoms with van der Waals surface area (Å²) in [6.45, 7) is 0. The van der Waals surface area contributed by atoms with Crippen LogP contribution in [0.4, 0.5) is 0 Å². The number of benzene rings is 1.